The lowest BCUT2D eigenvalue weighted by molar-refractivity contribution is -0.0114. The van der Waals surface area contributed by atoms with Crippen molar-refractivity contribution in [3.63, 3.8) is 0 Å². The van der Waals surface area contributed by atoms with Crippen molar-refractivity contribution in [2.75, 3.05) is 19.7 Å². The Kier molecular flexibility index (Phi) is 4.16. The van der Waals surface area contributed by atoms with Crippen LogP contribution < -0.4 is 0 Å². The van der Waals surface area contributed by atoms with Crippen molar-refractivity contribution >= 4 is 0 Å². The second kappa shape index (κ2) is 4.94. The predicted octanol–water partition coefficient (Wildman–Crippen LogP) is 0.460. The fourth-order valence-corrected chi connectivity index (χ4v) is 1.89. The van der Waals surface area contributed by atoms with Crippen LogP contribution in [-0.2, 0) is 0 Å². The summed E-state index contributed by atoms with van der Waals surface area (Å²) in [6.07, 6.45) is 1.63. The molecule has 1 fully saturated rings. The third kappa shape index (κ3) is 2.66. The van der Waals surface area contributed by atoms with Crippen LogP contribution >= 0.6 is 0 Å². The van der Waals surface area contributed by atoms with E-state index in [2.05, 4.69) is 18.7 Å². The largest absolute Gasteiger partial charge is 0.396 e. The quantitative estimate of drug-likeness (QED) is 0.674. The highest BCUT2D eigenvalue weighted by atomic mass is 16.3. The van der Waals surface area contributed by atoms with E-state index >= 15 is 0 Å². The molecule has 1 saturated heterocycles. The number of aliphatic hydroxyl groups excluding tert-OH is 2. The minimum absolute atomic E-state index is 0.0581. The van der Waals surface area contributed by atoms with Crippen molar-refractivity contribution in [3.8, 4) is 0 Å². The zero-order valence-electron chi connectivity index (χ0n) is 8.61. The van der Waals surface area contributed by atoms with Crippen LogP contribution in [0.2, 0.25) is 0 Å². The van der Waals surface area contributed by atoms with E-state index in [4.69, 9.17) is 5.11 Å². The Bertz CT molecular complexity index is 152. The fraction of sp³-hybridized carbons (Fsp3) is 1.00. The molecule has 78 valence electrons. The second-order valence-corrected chi connectivity index (χ2v) is 4.05. The second-order valence-electron chi connectivity index (χ2n) is 4.05. The number of rotatable bonds is 3. The number of likely N-dealkylation sites (tertiary alicyclic amines) is 1. The maximum Gasteiger partial charge on any atom is 0.0614 e. The van der Waals surface area contributed by atoms with E-state index in [-0.39, 0.29) is 18.6 Å². The van der Waals surface area contributed by atoms with Gasteiger partial charge in [-0.05, 0) is 19.8 Å². The standard InChI is InChI=1S/C10H21NO2/c1-3-8(2)11-5-4-10(13)9(6-11)7-12/h8-10,12-13H,3-7H2,1-2H3. The van der Waals surface area contributed by atoms with Gasteiger partial charge in [0.1, 0.15) is 0 Å². The first-order valence-electron chi connectivity index (χ1n) is 5.22. The first kappa shape index (κ1) is 11.0. The summed E-state index contributed by atoms with van der Waals surface area (Å²) in [6, 6.07) is 0.571. The monoisotopic (exact) mass is 187 g/mol. The fourth-order valence-electron chi connectivity index (χ4n) is 1.89. The van der Waals surface area contributed by atoms with Crippen LogP contribution in [0, 0.1) is 5.92 Å². The van der Waals surface area contributed by atoms with Crippen LogP contribution in [0.5, 0.6) is 0 Å². The van der Waals surface area contributed by atoms with Gasteiger partial charge in [0, 0.05) is 31.7 Å². The third-order valence-electron chi connectivity index (χ3n) is 3.17. The summed E-state index contributed by atoms with van der Waals surface area (Å²) in [5.41, 5.74) is 0. The van der Waals surface area contributed by atoms with Crippen molar-refractivity contribution in [2.45, 2.75) is 38.8 Å². The van der Waals surface area contributed by atoms with Crippen LogP contribution in [0.15, 0.2) is 0 Å². The Labute approximate surface area is 80.4 Å². The molecule has 0 amide bonds. The number of hydrogen-bond donors (Lipinski definition) is 2. The van der Waals surface area contributed by atoms with Crippen LogP contribution in [0.4, 0.5) is 0 Å². The number of nitrogens with zero attached hydrogens (tertiary/aromatic N) is 1. The van der Waals surface area contributed by atoms with Crippen molar-refractivity contribution in [1.82, 2.24) is 4.90 Å². The van der Waals surface area contributed by atoms with Crippen molar-refractivity contribution in [2.24, 2.45) is 5.92 Å². The summed E-state index contributed by atoms with van der Waals surface area (Å²) in [4.78, 5) is 2.35. The zero-order valence-corrected chi connectivity index (χ0v) is 8.61. The SMILES string of the molecule is CCC(C)N1CCC(O)C(CO)C1. The molecule has 1 aliphatic heterocycles. The number of piperidine rings is 1. The molecule has 3 heteroatoms. The van der Waals surface area contributed by atoms with E-state index < -0.39 is 0 Å². The molecular formula is C10H21NO2. The van der Waals surface area contributed by atoms with Gasteiger partial charge in [-0.25, -0.2) is 0 Å². The molecule has 3 nitrogen and oxygen atoms in total. The molecule has 0 aromatic rings. The minimum atomic E-state index is -0.301. The average molecular weight is 187 g/mol. The lowest BCUT2D eigenvalue weighted by atomic mass is 9.94. The first-order chi connectivity index (χ1) is 6.19. The van der Waals surface area contributed by atoms with Gasteiger partial charge in [-0.3, -0.25) is 0 Å². The van der Waals surface area contributed by atoms with E-state index in [1.54, 1.807) is 0 Å². The van der Waals surface area contributed by atoms with Crippen molar-refractivity contribution in [3.05, 3.63) is 0 Å². The molecule has 3 unspecified atom stereocenters. The lowest BCUT2D eigenvalue weighted by Gasteiger charge is -2.38. The molecular weight excluding hydrogens is 166 g/mol. The van der Waals surface area contributed by atoms with Crippen LogP contribution in [0.3, 0.4) is 0 Å². The Morgan fingerprint density at radius 3 is 2.77 bits per heavy atom. The molecule has 2 N–H and O–H groups in total. The summed E-state index contributed by atoms with van der Waals surface area (Å²) in [6.45, 7) is 6.28. The molecule has 0 aliphatic carbocycles. The van der Waals surface area contributed by atoms with Crippen molar-refractivity contribution < 1.29 is 10.2 Å². The van der Waals surface area contributed by atoms with E-state index in [1.807, 2.05) is 0 Å². The molecule has 3 atom stereocenters. The van der Waals surface area contributed by atoms with Gasteiger partial charge in [0.2, 0.25) is 0 Å². The maximum absolute atomic E-state index is 9.55. The molecule has 0 bridgehead atoms. The number of aliphatic hydroxyl groups is 2. The van der Waals surface area contributed by atoms with Gasteiger partial charge < -0.3 is 15.1 Å². The molecule has 0 spiro atoms. The van der Waals surface area contributed by atoms with Crippen molar-refractivity contribution in [1.29, 1.82) is 0 Å². The molecule has 1 heterocycles. The molecule has 0 saturated carbocycles. The summed E-state index contributed by atoms with van der Waals surface area (Å²) in [7, 11) is 0. The summed E-state index contributed by atoms with van der Waals surface area (Å²) >= 11 is 0. The van der Waals surface area contributed by atoms with E-state index in [9.17, 15) is 5.11 Å². The van der Waals surface area contributed by atoms with Gasteiger partial charge >= 0.3 is 0 Å². The van der Waals surface area contributed by atoms with E-state index in [1.165, 1.54) is 0 Å². The van der Waals surface area contributed by atoms with Gasteiger partial charge in [0.05, 0.1) is 6.10 Å². The van der Waals surface area contributed by atoms with Gasteiger partial charge in [0.15, 0.2) is 0 Å². The summed E-state index contributed by atoms with van der Waals surface area (Å²) in [5, 5.41) is 18.6. The van der Waals surface area contributed by atoms with E-state index in [0.29, 0.717) is 6.04 Å². The van der Waals surface area contributed by atoms with Crippen LogP contribution in [-0.4, -0.2) is 47.0 Å². The Balaban J connectivity index is 2.44. The van der Waals surface area contributed by atoms with E-state index in [0.717, 1.165) is 25.9 Å². The maximum atomic E-state index is 9.55. The highest BCUT2D eigenvalue weighted by Gasteiger charge is 2.28. The van der Waals surface area contributed by atoms with Gasteiger partial charge in [-0.1, -0.05) is 6.92 Å². The minimum Gasteiger partial charge on any atom is -0.396 e. The lowest BCUT2D eigenvalue weighted by Crippen LogP contribution is -2.47. The molecule has 0 aromatic heterocycles. The van der Waals surface area contributed by atoms with Crippen LogP contribution in [0.25, 0.3) is 0 Å². The molecule has 13 heavy (non-hydrogen) atoms. The smallest absolute Gasteiger partial charge is 0.0614 e. The average Bonchev–Trinajstić information content (AvgIpc) is 2.17. The Hall–Kier alpha value is -0.120. The topological polar surface area (TPSA) is 43.7 Å². The van der Waals surface area contributed by atoms with Gasteiger partial charge in [0.25, 0.3) is 0 Å². The third-order valence-corrected chi connectivity index (χ3v) is 3.17. The zero-order chi connectivity index (χ0) is 9.84. The highest BCUT2D eigenvalue weighted by Crippen LogP contribution is 2.19. The summed E-state index contributed by atoms with van der Waals surface area (Å²) < 4.78 is 0. The van der Waals surface area contributed by atoms with Gasteiger partial charge in [-0.2, -0.15) is 0 Å². The highest BCUT2D eigenvalue weighted by molar-refractivity contribution is 4.81. The molecule has 1 rings (SSSR count). The molecule has 0 aromatic carbocycles. The Morgan fingerprint density at radius 2 is 2.23 bits per heavy atom. The molecule has 0 radical (unpaired) electrons. The summed E-state index contributed by atoms with van der Waals surface area (Å²) in [5.74, 6) is 0.0581. The normalized spacial score (nSPS) is 33.2. The molecule has 1 aliphatic rings. The number of hydrogen-bond acceptors (Lipinski definition) is 3. The predicted molar refractivity (Wildman–Crippen MR) is 52.5 cm³/mol. The Morgan fingerprint density at radius 1 is 1.54 bits per heavy atom. The van der Waals surface area contributed by atoms with Crippen LogP contribution in [0.1, 0.15) is 26.7 Å². The first-order valence-corrected chi connectivity index (χ1v) is 5.22. The van der Waals surface area contributed by atoms with Gasteiger partial charge in [-0.15, -0.1) is 0 Å².